The number of sulfonamides is 1. The lowest BCUT2D eigenvalue weighted by Gasteiger charge is -2.00. The number of aromatic nitrogens is 5. The first-order valence-electron chi connectivity index (χ1n) is 3.83. The van der Waals surface area contributed by atoms with Crippen LogP contribution in [0.25, 0.3) is 0 Å². The summed E-state index contributed by atoms with van der Waals surface area (Å²) in [5.41, 5.74) is 5.28. The van der Waals surface area contributed by atoms with E-state index < -0.39 is 10.0 Å². The highest BCUT2D eigenvalue weighted by Gasteiger charge is 2.20. The number of nitrogens with one attached hydrogen (secondary N) is 1. The smallest absolute Gasteiger partial charge is 0.293 e. The summed E-state index contributed by atoms with van der Waals surface area (Å²) in [5, 5.41) is 13.8. The fraction of sp³-hybridized carbons (Fsp3) is 0. The Hall–Kier alpha value is -1.88. The molecule has 0 amide bonds. The summed E-state index contributed by atoms with van der Waals surface area (Å²) >= 11 is 0.743. The number of hydrogen-bond donors (Lipinski definition) is 2. The molecule has 11 heteroatoms. The molecule has 0 aromatic carbocycles. The van der Waals surface area contributed by atoms with E-state index in [-0.39, 0.29) is 15.4 Å². The molecule has 0 spiro atoms. The molecule has 2 aromatic rings. The number of nitrogens with two attached hydrogens (primary N) is 1. The van der Waals surface area contributed by atoms with E-state index >= 15 is 0 Å². The van der Waals surface area contributed by atoms with Crippen molar-refractivity contribution in [3.05, 3.63) is 12.4 Å². The molecule has 0 aliphatic carbocycles. The van der Waals surface area contributed by atoms with Gasteiger partial charge in [-0.1, -0.05) is 11.3 Å². The second-order valence-electron chi connectivity index (χ2n) is 2.48. The lowest BCUT2D eigenvalue weighted by atomic mass is 10.9. The van der Waals surface area contributed by atoms with Crippen LogP contribution in [0.3, 0.4) is 0 Å². The van der Waals surface area contributed by atoms with Crippen LogP contribution in [-0.4, -0.2) is 33.8 Å². The number of rotatable bonds is 3. The number of nitrogen functional groups attached to an aromatic ring is 1. The molecule has 2 aromatic heterocycles. The molecule has 0 aliphatic rings. The molecular formula is C5H5N7O2S2. The minimum Gasteiger partial charge on any atom is -0.374 e. The maximum absolute atomic E-state index is 11.6. The fourth-order valence-corrected chi connectivity index (χ4v) is 2.52. The van der Waals surface area contributed by atoms with E-state index in [1.165, 1.54) is 12.4 Å². The molecule has 16 heavy (non-hydrogen) atoms. The van der Waals surface area contributed by atoms with Crippen molar-refractivity contribution in [3.63, 3.8) is 0 Å². The number of anilines is 2. The Labute approximate surface area is 93.8 Å². The normalized spacial score (nSPS) is 11.2. The third-order valence-electron chi connectivity index (χ3n) is 1.36. The minimum atomic E-state index is -3.84. The third kappa shape index (κ3) is 2.20. The summed E-state index contributed by atoms with van der Waals surface area (Å²) < 4.78 is 25.1. The summed E-state index contributed by atoms with van der Waals surface area (Å²) in [6.45, 7) is 0. The zero-order chi connectivity index (χ0) is 11.6. The molecule has 0 saturated heterocycles. The van der Waals surface area contributed by atoms with Crippen molar-refractivity contribution >= 4 is 32.4 Å². The molecule has 2 heterocycles. The van der Waals surface area contributed by atoms with Crippen molar-refractivity contribution in [1.29, 1.82) is 0 Å². The Morgan fingerprint density at radius 2 is 2.06 bits per heavy atom. The predicted octanol–water partition coefficient (Wildman–Crippen LogP) is -0.894. The maximum Gasteiger partial charge on any atom is 0.293 e. The van der Waals surface area contributed by atoms with Gasteiger partial charge in [-0.3, -0.25) is 0 Å². The van der Waals surface area contributed by atoms with Gasteiger partial charge in [-0.25, -0.2) is 9.71 Å². The highest BCUT2D eigenvalue weighted by atomic mass is 32.2. The lowest BCUT2D eigenvalue weighted by Crippen LogP contribution is -2.15. The standard InChI is InChI=1S/C5H5N7O2S2/c6-3-9-11-5(15-3)16(13,14)12-4-7-1-2-8-10-4/h1-2H,(H2,6,9)(H,7,10,12). The Morgan fingerprint density at radius 3 is 2.62 bits per heavy atom. The average molecular weight is 259 g/mol. The van der Waals surface area contributed by atoms with E-state index in [9.17, 15) is 8.42 Å². The van der Waals surface area contributed by atoms with Gasteiger partial charge in [-0.15, -0.1) is 15.3 Å². The van der Waals surface area contributed by atoms with Crippen LogP contribution in [0.1, 0.15) is 0 Å². The topological polar surface area (TPSA) is 137 Å². The van der Waals surface area contributed by atoms with E-state index in [1.807, 2.05) is 0 Å². The Kier molecular flexibility index (Phi) is 2.62. The molecule has 0 aliphatic heterocycles. The van der Waals surface area contributed by atoms with Crippen molar-refractivity contribution in [2.24, 2.45) is 0 Å². The molecule has 0 unspecified atom stereocenters. The van der Waals surface area contributed by atoms with Crippen molar-refractivity contribution in [2.75, 3.05) is 10.5 Å². The van der Waals surface area contributed by atoms with Crippen LogP contribution >= 0.6 is 11.3 Å². The Bertz CT molecular complexity index is 580. The van der Waals surface area contributed by atoms with Crippen LogP contribution in [0.5, 0.6) is 0 Å². The summed E-state index contributed by atoms with van der Waals surface area (Å²) in [5.74, 6) is -0.142. The van der Waals surface area contributed by atoms with Gasteiger partial charge in [0.2, 0.25) is 5.13 Å². The van der Waals surface area contributed by atoms with Crippen molar-refractivity contribution in [1.82, 2.24) is 25.4 Å². The van der Waals surface area contributed by atoms with Gasteiger partial charge in [-0.05, 0) is 0 Å². The second kappa shape index (κ2) is 3.94. The van der Waals surface area contributed by atoms with E-state index in [1.54, 1.807) is 0 Å². The Balaban J connectivity index is 2.28. The van der Waals surface area contributed by atoms with E-state index in [0.717, 1.165) is 11.3 Å². The molecule has 0 radical (unpaired) electrons. The third-order valence-corrected chi connectivity index (χ3v) is 3.81. The molecule has 0 fully saturated rings. The highest BCUT2D eigenvalue weighted by Crippen LogP contribution is 2.18. The molecule has 9 nitrogen and oxygen atoms in total. The van der Waals surface area contributed by atoms with Crippen LogP contribution < -0.4 is 10.5 Å². The SMILES string of the molecule is Nc1nnc(S(=O)(=O)Nc2nccnn2)s1. The summed E-state index contributed by atoms with van der Waals surface area (Å²) in [6.07, 6.45) is 2.63. The van der Waals surface area contributed by atoms with Crippen LogP contribution in [0, 0.1) is 0 Å². The van der Waals surface area contributed by atoms with Gasteiger partial charge in [0.1, 0.15) is 0 Å². The average Bonchev–Trinajstić information content (AvgIpc) is 2.66. The van der Waals surface area contributed by atoms with Crippen molar-refractivity contribution in [2.45, 2.75) is 4.34 Å². The van der Waals surface area contributed by atoms with Crippen LogP contribution in [-0.2, 0) is 10.0 Å². The van der Waals surface area contributed by atoms with Crippen LogP contribution in [0.4, 0.5) is 11.1 Å². The first-order chi connectivity index (χ1) is 7.58. The largest absolute Gasteiger partial charge is 0.374 e. The van der Waals surface area contributed by atoms with Crippen molar-refractivity contribution in [3.8, 4) is 0 Å². The molecular weight excluding hydrogens is 254 g/mol. The fourth-order valence-electron chi connectivity index (χ4n) is 0.787. The van der Waals surface area contributed by atoms with Gasteiger partial charge in [-0.2, -0.15) is 13.5 Å². The van der Waals surface area contributed by atoms with Crippen LogP contribution in [0.2, 0.25) is 0 Å². The van der Waals surface area contributed by atoms with E-state index in [4.69, 9.17) is 5.73 Å². The molecule has 84 valence electrons. The van der Waals surface area contributed by atoms with Crippen LogP contribution in [0.15, 0.2) is 16.7 Å². The van der Waals surface area contributed by atoms with Gasteiger partial charge in [0.25, 0.3) is 20.3 Å². The minimum absolute atomic E-state index is 0.0625. The first-order valence-corrected chi connectivity index (χ1v) is 6.13. The second-order valence-corrected chi connectivity index (χ2v) is 5.34. The van der Waals surface area contributed by atoms with Gasteiger partial charge in [0.05, 0.1) is 12.4 Å². The van der Waals surface area contributed by atoms with Gasteiger partial charge in [0.15, 0.2) is 0 Å². The number of nitrogens with zero attached hydrogens (tertiary/aromatic N) is 5. The molecule has 0 bridgehead atoms. The van der Waals surface area contributed by atoms with Gasteiger partial charge < -0.3 is 5.73 Å². The maximum atomic E-state index is 11.6. The van der Waals surface area contributed by atoms with E-state index in [2.05, 4.69) is 30.1 Å². The monoisotopic (exact) mass is 259 g/mol. The highest BCUT2D eigenvalue weighted by molar-refractivity contribution is 7.94. The van der Waals surface area contributed by atoms with Gasteiger partial charge >= 0.3 is 0 Å². The molecule has 2 rings (SSSR count). The molecule has 3 N–H and O–H groups in total. The summed E-state index contributed by atoms with van der Waals surface area (Å²) in [7, 11) is -3.84. The number of hydrogen-bond acceptors (Lipinski definition) is 9. The van der Waals surface area contributed by atoms with Crippen molar-refractivity contribution < 1.29 is 8.42 Å². The van der Waals surface area contributed by atoms with E-state index in [0.29, 0.717) is 0 Å². The zero-order valence-electron chi connectivity index (χ0n) is 7.60. The first kappa shape index (κ1) is 10.6. The summed E-state index contributed by atoms with van der Waals surface area (Å²) in [4.78, 5) is 3.66. The molecule has 0 atom stereocenters. The Morgan fingerprint density at radius 1 is 1.25 bits per heavy atom. The lowest BCUT2D eigenvalue weighted by molar-refractivity contribution is 0.598. The van der Waals surface area contributed by atoms with Gasteiger partial charge in [0, 0.05) is 0 Å². The summed E-state index contributed by atoms with van der Waals surface area (Å²) in [6, 6.07) is 0. The predicted molar refractivity (Wildman–Crippen MR) is 55.0 cm³/mol. The molecule has 0 saturated carbocycles. The zero-order valence-corrected chi connectivity index (χ0v) is 9.23. The quantitative estimate of drug-likeness (QED) is 0.723.